The second kappa shape index (κ2) is 25.0. The zero-order valence-electron chi connectivity index (χ0n) is 41.1. The van der Waals surface area contributed by atoms with E-state index in [4.69, 9.17) is 14.6 Å². The van der Waals surface area contributed by atoms with Gasteiger partial charge in [0.25, 0.3) is 0 Å². The quantitative estimate of drug-likeness (QED) is 0.0594. The van der Waals surface area contributed by atoms with Crippen LogP contribution in [0, 0.1) is 46.3 Å². The lowest BCUT2D eigenvalue weighted by molar-refractivity contribution is -0.204. The number of fused-ring (bicyclic) bond motifs is 2. The third-order valence-corrected chi connectivity index (χ3v) is 12.5. The molecule has 17 heteroatoms. The summed E-state index contributed by atoms with van der Waals surface area (Å²) in [6.45, 7) is 21.9. The standard InChI is InChI=1S/C26H32F3NO4.C13H12BrNO2.C13H21F3O2/c1-15(2)20(24(32)33)14-23(26(27,28)29)25(5,6)12-11-18-7-8-19-9-10-21(30-22(19)13-18)16(3)34-17(4)31;1-8(17-9(2)16)12-6-4-10-3-5-11(14)7-13(10)15-12;1-6-12(4,5)10(13(14,15)16)7-9(8(2)3)11(17)18/h7-13,15-16,20,23H,14H2,1-6H3,(H,32,33);3-8H,1-2H3;6,8-10H,1,7H2,2-5H3,(H,17,18)/b12-11+;;/t16-,20+,23-;8-;9-,10-/m111/s1. The molecule has 0 radical (unpaired) electrons. The van der Waals surface area contributed by atoms with Crippen LogP contribution < -0.4 is 0 Å². The Morgan fingerprint density at radius 2 is 1.01 bits per heavy atom. The smallest absolute Gasteiger partial charge is 0.392 e. The van der Waals surface area contributed by atoms with Gasteiger partial charge in [0.05, 0.1) is 46.1 Å². The molecule has 0 amide bonds. The van der Waals surface area contributed by atoms with Crippen molar-refractivity contribution in [3.8, 4) is 0 Å². The first-order chi connectivity index (χ1) is 31.6. The van der Waals surface area contributed by atoms with E-state index in [9.17, 15) is 50.6 Å². The van der Waals surface area contributed by atoms with Crippen molar-refractivity contribution in [2.75, 3.05) is 0 Å². The van der Waals surface area contributed by atoms with Gasteiger partial charge in [-0.05, 0) is 85.3 Å². The van der Waals surface area contributed by atoms with E-state index in [2.05, 4.69) is 32.5 Å². The highest BCUT2D eigenvalue weighted by molar-refractivity contribution is 9.10. The van der Waals surface area contributed by atoms with Crippen LogP contribution in [0.4, 0.5) is 26.3 Å². The van der Waals surface area contributed by atoms with E-state index in [-0.39, 0.29) is 18.0 Å². The second-order valence-electron chi connectivity index (χ2n) is 19.0. The van der Waals surface area contributed by atoms with Gasteiger partial charge in [-0.2, -0.15) is 26.3 Å². The van der Waals surface area contributed by atoms with Crippen LogP contribution in [0.1, 0.15) is 125 Å². The molecule has 0 bridgehead atoms. The molecule has 380 valence electrons. The maximum Gasteiger partial charge on any atom is 0.392 e. The van der Waals surface area contributed by atoms with Crippen molar-refractivity contribution in [3.05, 3.63) is 101 Å². The van der Waals surface area contributed by atoms with Gasteiger partial charge >= 0.3 is 36.2 Å². The van der Waals surface area contributed by atoms with Crippen molar-refractivity contribution in [1.82, 2.24) is 9.97 Å². The second-order valence-corrected chi connectivity index (χ2v) is 19.9. The molecular formula is C52H65BrF6N2O8. The molecule has 0 unspecified atom stereocenters. The molecule has 0 fully saturated rings. The van der Waals surface area contributed by atoms with Crippen LogP contribution in [-0.2, 0) is 28.7 Å². The number of aliphatic carboxylic acids is 2. The van der Waals surface area contributed by atoms with Gasteiger partial charge in [0, 0.05) is 29.1 Å². The number of carboxylic acid groups (broad SMARTS) is 2. The van der Waals surface area contributed by atoms with Gasteiger partial charge in [0.2, 0.25) is 0 Å². The van der Waals surface area contributed by atoms with Crippen molar-refractivity contribution in [1.29, 1.82) is 0 Å². The summed E-state index contributed by atoms with van der Waals surface area (Å²) in [5, 5.41) is 20.3. The van der Waals surface area contributed by atoms with Gasteiger partial charge in [0.15, 0.2) is 0 Å². The predicted molar refractivity (Wildman–Crippen MR) is 259 cm³/mol. The minimum Gasteiger partial charge on any atom is -0.481 e. The molecule has 69 heavy (non-hydrogen) atoms. The van der Waals surface area contributed by atoms with Crippen LogP contribution >= 0.6 is 15.9 Å². The number of benzene rings is 2. The number of esters is 2. The van der Waals surface area contributed by atoms with E-state index in [1.54, 1.807) is 58.9 Å². The number of ether oxygens (including phenoxy) is 2. The van der Waals surface area contributed by atoms with Crippen molar-refractivity contribution >= 4 is 67.7 Å². The summed E-state index contributed by atoms with van der Waals surface area (Å²) in [6.07, 6.45) is -6.43. The Morgan fingerprint density at radius 1 is 0.638 bits per heavy atom. The minimum absolute atomic E-state index is 0.298. The highest BCUT2D eigenvalue weighted by Gasteiger charge is 2.50. The van der Waals surface area contributed by atoms with Crippen LogP contribution in [0.3, 0.4) is 0 Å². The Balaban J connectivity index is 0.000000392. The lowest BCUT2D eigenvalue weighted by Gasteiger charge is -2.35. The third kappa shape index (κ3) is 18.5. The van der Waals surface area contributed by atoms with E-state index in [0.717, 1.165) is 26.5 Å². The molecule has 10 nitrogen and oxygen atoms in total. The Hall–Kier alpha value is -5.32. The molecule has 0 saturated heterocycles. The fourth-order valence-corrected chi connectivity index (χ4v) is 7.89. The van der Waals surface area contributed by atoms with E-state index in [1.807, 2.05) is 49.4 Å². The molecule has 6 atom stereocenters. The molecule has 2 N–H and O–H groups in total. The summed E-state index contributed by atoms with van der Waals surface area (Å²) in [4.78, 5) is 53.7. The maximum absolute atomic E-state index is 14.0. The summed E-state index contributed by atoms with van der Waals surface area (Å²) in [5.41, 5.74) is 0.964. The number of carbonyl (C=O) groups excluding carboxylic acids is 2. The Kier molecular flexibility index (Phi) is 21.7. The first-order valence-electron chi connectivity index (χ1n) is 22.3. The average Bonchev–Trinajstić information content (AvgIpc) is 3.21. The Morgan fingerprint density at radius 3 is 1.38 bits per heavy atom. The van der Waals surface area contributed by atoms with Gasteiger partial charge in [-0.25, -0.2) is 9.97 Å². The summed E-state index contributed by atoms with van der Waals surface area (Å²) >= 11 is 3.41. The normalized spacial score (nSPS) is 15.0. The van der Waals surface area contributed by atoms with Crippen molar-refractivity contribution in [2.45, 2.75) is 120 Å². The number of halogens is 7. The molecule has 0 aliphatic heterocycles. The summed E-state index contributed by atoms with van der Waals surface area (Å²) in [5.74, 6) is -9.50. The topological polar surface area (TPSA) is 153 Å². The number of allylic oxidation sites excluding steroid dienone is 2. The maximum atomic E-state index is 14.0. The van der Waals surface area contributed by atoms with Crippen LogP contribution in [0.2, 0.25) is 0 Å². The van der Waals surface area contributed by atoms with E-state index in [0.29, 0.717) is 16.8 Å². The fourth-order valence-electron chi connectivity index (χ4n) is 7.54. The summed E-state index contributed by atoms with van der Waals surface area (Å²) < 4.78 is 92.3. The Bertz CT molecular complexity index is 2430. The van der Waals surface area contributed by atoms with Crippen molar-refractivity contribution in [3.63, 3.8) is 0 Å². The zero-order valence-corrected chi connectivity index (χ0v) is 42.7. The number of hydrogen-bond acceptors (Lipinski definition) is 8. The van der Waals surface area contributed by atoms with Crippen LogP contribution in [0.5, 0.6) is 0 Å². The van der Waals surface area contributed by atoms with Crippen molar-refractivity contribution < 1.29 is 65.2 Å². The lowest BCUT2D eigenvalue weighted by Crippen LogP contribution is -2.39. The fraction of sp³-hybridized carbons (Fsp3) is 0.500. The molecule has 2 heterocycles. The SMILES string of the molecule is C=CC(C)(C)[C@@H](C[C@@H](C(=O)O)C(C)C)C(F)(F)F.CC(=O)O[C@H](C)c1ccc2ccc(/C=C/C(C)(C)[C@@H](C[C@H](C(=O)O)C(C)C)C(F)(F)F)cc2n1.CC(=O)O[C@H](C)c1ccc2ccc(Br)cc2n1. The van der Waals surface area contributed by atoms with Gasteiger partial charge in [-0.1, -0.05) is 120 Å². The number of nitrogens with zero attached hydrogens (tertiary/aromatic N) is 2. The summed E-state index contributed by atoms with van der Waals surface area (Å²) in [6, 6.07) is 18.7. The highest BCUT2D eigenvalue weighted by Crippen LogP contribution is 2.47. The molecule has 4 rings (SSSR count). The zero-order chi connectivity index (χ0) is 53.0. The number of alkyl halides is 6. The number of aromatic nitrogens is 2. The van der Waals surface area contributed by atoms with Gasteiger partial charge in [-0.3, -0.25) is 19.2 Å². The molecule has 0 aliphatic carbocycles. The van der Waals surface area contributed by atoms with Crippen LogP contribution in [0.15, 0.2) is 83.9 Å². The number of hydrogen-bond donors (Lipinski definition) is 2. The predicted octanol–water partition coefficient (Wildman–Crippen LogP) is 14.6. The Labute approximate surface area is 409 Å². The van der Waals surface area contributed by atoms with Gasteiger partial charge in [-0.15, -0.1) is 6.58 Å². The van der Waals surface area contributed by atoms with Crippen molar-refractivity contribution in [2.24, 2.45) is 46.3 Å². The highest BCUT2D eigenvalue weighted by atomic mass is 79.9. The van der Waals surface area contributed by atoms with Crippen LogP contribution in [-0.4, -0.2) is 56.4 Å². The van der Waals surface area contributed by atoms with E-state index >= 15 is 0 Å². The largest absolute Gasteiger partial charge is 0.481 e. The average molecular weight is 1040 g/mol. The molecule has 0 aliphatic rings. The molecule has 0 spiro atoms. The summed E-state index contributed by atoms with van der Waals surface area (Å²) in [7, 11) is 0. The first kappa shape index (κ1) is 59.8. The third-order valence-electron chi connectivity index (χ3n) is 12.0. The monoisotopic (exact) mass is 1040 g/mol. The lowest BCUT2D eigenvalue weighted by atomic mass is 9.71. The van der Waals surface area contributed by atoms with Gasteiger partial charge < -0.3 is 19.7 Å². The number of carbonyl (C=O) groups is 4. The van der Waals surface area contributed by atoms with Gasteiger partial charge in [0.1, 0.15) is 12.2 Å². The number of carboxylic acids is 2. The van der Waals surface area contributed by atoms with E-state index in [1.165, 1.54) is 53.7 Å². The van der Waals surface area contributed by atoms with E-state index < -0.39 is 89.6 Å². The molecular weight excluding hydrogens is 974 g/mol. The first-order valence-corrected chi connectivity index (χ1v) is 23.1. The molecule has 4 aromatic rings. The number of rotatable bonds is 17. The van der Waals surface area contributed by atoms with Crippen LogP contribution in [0.25, 0.3) is 27.9 Å². The molecule has 2 aromatic carbocycles. The molecule has 2 aromatic heterocycles. The minimum atomic E-state index is -4.55. The number of pyridine rings is 2. The molecule has 0 saturated carbocycles.